The lowest BCUT2D eigenvalue weighted by Gasteiger charge is -2.35. The van der Waals surface area contributed by atoms with Gasteiger partial charge in [0.05, 0.1) is 0 Å². The summed E-state index contributed by atoms with van der Waals surface area (Å²) in [5, 5.41) is 3.81. The Hall–Kier alpha value is -3.23. The first-order valence-corrected chi connectivity index (χ1v) is 8.42. The zero-order valence-electron chi connectivity index (χ0n) is 14.7. The van der Waals surface area contributed by atoms with Crippen LogP contribution < -0.4 is 4.90 Å². The van der Waals surface area contributed by atoms with E-state index in [-0.39, 0.29) is 5.91 Å². The van der Waals surface area contributed by atoms with Gasteiger partial charge in [0, 0.05) is 50.7 Å². The highest BCUT2D eigenvalue weighted by molar-refractivity contribution is 5.92. The molecule has 1 aliphatic rings. The van der Waals surface area contributed by atoms with Crippen LogP contribution in [0.4, 0.5) is 5.82 Å². The first-order chi connectivity index (χ1) is 12.6. The molecule has 0 saturated carbocycles. The molecule has 0 aromatic carbocycles. The number of hydrogen-bond acceptors (Lipinski definition) is 7. The molecule has 1 amide bonds. The SMILES string of the molecule is Cc1cc(C(=O)N2CCN(c3cc(-n4ccnc4C)ncn3)CC2)no1. The highest BCUT2D eigenvalue weighted by atomic mass is 16.5. The second kappa shape index (κ2) is 6.58. The average molecular weight is 353 g/mol. The van der Waals surface area contributed by atoms with Crippen molar-refractivity contribution in [3.05, 3.63) is 48.1 Å². The lowest BCUT2D eigenvalue weighted by Crippen LogP contribution is -2.49. The van der Waals surface area contributed by atoms with E-state index >= 15 is 0 Å². The van der Waals surface area contributed by atoms with Crippen molar-refractivity contribution in [1.82, 2.24) is 29.6 Å². The topological polar surface area (TPSA) is 93.2 Å². The number of imidazole rings is 1. The van der Waals surface area contributed by atoms with Crippen molar-refractivity contribution in [3.63, 3.8) is 0 Å². The van der Waals surface area contributed by atoms with Crippen LogP contribution in [0.15, 0.2) is 35.4 Å². The van der Waals surface area contributed by atoms with Gasteiger partial charge in [0.1, 0.15) is 29.5 Å². The van der Waals surface area contributed by atoms with E-state index in [1.165, 1.54) is 0 Å². The van der Waals surface area contributed by atoms with Gasteiger partial charge in [-0.05, 0) is 13.8 Å². The van der Waals surface area contributed by atoms with Crippen LogP contribution in [0.1, 0.15) is 22.1 Å². The number of carbonyl (C=O) groups excluding carboxylic acids is 1. The largest absolute Gasteiger partial charge is 0.361 e. The third-order valence-electron chi connectivity index (χ3n) is 4.45. The Kier molecular flexibility index (Phi) is 4.11. The van der Waals surface area contributed by atoms with Crippen LogP contribution in [0.5, 0.6) is 0 Å². The van der Waals surface area contributed by atoms with E-state index in [1.54, 1.807) is 30.4 Å². The Balaban J connectivity index is 1.45. The molecule has 9 heteroatoms. The van der Waals surface area contributed by atoms with Gasteiger partial charge in [0.2, 0.25) is 0 Å². The summed E-state index contributed by atoms with van der Waals surface area (Å²) in [6.45, 7) is 6.31. The molecule has 3 aromatic heterocycles. The van der Waals surface area contributed by atoms with Crippen LogP contribution in [-0.2, 0) is 0 Å². The van der Waals surface area contributed by atoms with Gasteiger partial charge in [-0.2, -0.15) is 0 Å². The fraction of sp³-hybridized carbons (Fsp3) is 0.353. The lowest BCUT2D eigenvalue weighted by atomic mass is 10.2. The van der Waals surface area contributed by atoms with E-state index in [2.05, 4.69) is 25.0 Å². The molecule has 3 aromatic rings. The average Bonchev–Trinajstić information content (AvgIpc) is 3.30. The van der Waals surface area contributed by atoms with Crippen LogP contribution in [0.2, 0.25) is 0 Å². The fourth-order valence-electron chi connectivity index (χ4n) is 3.03. The monoisotopic (exact) mass is 353 g/mol. The molecule has 26 heavy (non-hydrogen) atoms. The van der Waals surface area contributed by atoms with Gasteiger partial charge in [-0.15, -0.1) is 0 Å². The van der Waals surface area contributed by atoms with Crippen LogP contribution in [-0.4, -0.2) is 61.7 Å². The number of rotatable bonds is 3. The number of nitrogens with zero attached hydrogens (tertiary/aromatic N) is 7. The minimum absolute atomic E-state index is 0.0982. The molecule has 4 rings (SSSR count). The molecule has 9 nitrogen and oxygen atoms in total. The molecule has 134 valence electrons. The second-order valence-electron chi connectivity index (χ2n) is 6.18. The predicted molar refractivity (Wildman–Crippen MR) is 93.2 cm³/mol. The van der Waals surface area contributed by atoms with Crippen molar-refractivity contribution in [3.8, 4) is 5.82 Å². The Bertz CT molecular complexity index is 925. The van der Waals surface area contributed by atoms with E-state index in [9.17, 15) is 4.79 Å². The summed E-state index contributed by atoms with van der Waals surface area (Å²) in [5.74, 6) is 3.02. The molecule has 0 bridgehead atoms. The quantitative estimate of drug-likeness (QED) is 0.699. The van der Waals surface area contributed by atoms with Gasteiger partial charge >= 0.3 is 0 Å². The molecule has 0 N–H and O–H groups in total. The maximum absolute atomic E-state index is 12.5. The number of aromatic nitrogens is 5. The summed E-state index contributed by atoms with van der Waals surface area (Å²) in [4.78, 5) is 29.3. The van der Waals surface area contributed by atoms with E-state index in [4.69, 9.17) is 4.52 Å². The number of piperazine rings is 1. The highest BCUT2D eigenvalue weighted by Crippen LogP contribution is 2.18. The zero-order chi connectivity index (χ0) is 18.1. The van der Waals surface area contributed by atoms with E-state index in [0.717, 1.165) is 17.5 Å². The standard InChI is InChI=1S/C17H19N7O2/c1-12-9-14(21-26-12)17(25)23-7-5-22(6-8-23)15-10-16(20-11-19-15)24-4-3-18-13(24)2/h3-4,9-11H,5-8H2,1-2H3. The van der Waals surface area contributed by atoms with E-state index in [1.807, 2.05) is 23.8 Å². The predicted octanol–water partition coefficient (Wildman–Crippen LogP) is 1.23. The summed E-state index contributed by atoms with van der Waals surface area (Å²) >= 11 is 0. The summed E-state index contributed by atoms with van der Waals surface area (Å²) in [6.07, 6.45) is 5.17. The van der Waals surface area contributed by atoms with Crippen molar-refractivity contribution in [2.75, 3.05) is 31.1 Å². The molecule has 0 unspecified atom stereocenters. The maximum Gasteiger partial charge on any atom is 0.276 e. The molecule has 0 atom stereocenters. The first-order valence-electron chi connectivity index (χ1n) is 8.42. The van der Waals surface area contributed by atoms with Crippen molar-refractivity contribution in [2.24, 2.45) is 0 Å². The van der Waals surface area contributed by atoms with Gasteiger partial charge in [-0.1, -0.05) is 5.16 Å². The minimum atomic E-state index is -0.0982. The molecule has 1 aliphatic heterocycles. The van der Waals surface area contributed by atoms with Crippen LogP contribution in [0.3, 0.4) is 0 Å². The van der Waals surface area contributed by atoms with Crippen LogP contribution >= 0.6 is 0 Å². The summed E-state index contributed by atoms with van der Waals surface area (Å²) in [6, 6.07) is 3.60. The van der Waals surface area contributed by atoms with Gasteiger partial charge in [0.15, 0.2) is 5.69 Å². The Morgan fingerprint density at radius 2 is 1.81 bits per heavy atom. The minimum Gasteiger partial charge on any atom is -0.361 e. The molecule has 0 aliphatic carbocycles. The van der Waals surface area contributed by atoms with Crippen molar-refractivity contribution in [1.29, 1.82) is 0 Å². The van der Waals surface area contributed by atoms with Crippen LogP contribution in [0, 0.1) is 13.8 Å². The second-order valence-corrected chi connectivity index (χ2v) is 6.18. The third kappa shape index (κ3) is 3.03. The Morgan fingerprint density at radius 1 is 1.04 bits per heavy atom. The summed E-state index contributed by atoms with van der Waals surface area (Å²) in [5.41, 5.74) is 0.357. The smallest absolute Gasteiger partial charge is 0.276 e. The normalized spacial score (nSPS) is 14.7. The lowest BCUT2D eigenvalue weighted by molar-refractivity contribution is 0.0736. The fourth-order valence-corrected chi connectivity index (χ4v) is 3.03. The number of carbonyl (C=O) groups is 1. The maximum atomic E-state index is 12.5. The Labute approximate surface area is 150 Å². The summed E-state index contributed by atoms with van der Waals surface area (Å²) < 4.78 is 6.91. The van der Waals surface area contributed by atoms with Crippen LogP contribution in [0.25, 0.3) is 5.82 Å². The third-order valence-corrected chi connectivity index (χ3v) is 4.45. The van der Waals surface area contributed by atoms with Gasteiger partial charge < -0.3 is 14.3 Å². The highest BCUT2D eigenvalue weighted by Gasteiger charge is 2.25. The van der Waals surface area contributed by atoms with Crippen molar-refractivity contribution < 1.29 is 9.32 Å². The number of anilines is 1. The molecular weight excluding hydrogens is 334 g/mol. The van der Waals surface area contributed by atoms with Gasteiger partial charge in [-0.3, -0.25) is 9.36 Å². The molecular formula is C17H19N7O2. The van der Waals surface area contributed by atoms with Gasteiger partial charge in [-0.25, -0.2) is 15.0 Å². The zero-order valence-corrected chi connectivity index (χ0v) is 14.7. The van der Waals surface area contributed by atoms with Gasteiger partial charge in [0.25, 0.3) is 5.91 Å². The van der Waals surface area contributed by atoms with Crippen molar-refractivity contribution >= 4 is 11.7 Å². The molecule has 1 fully saturated rings. The Morgan fingerprint density at radius 3 is 2.46 bits per heavy atom. The molecule has 1 saturated heterocycles. The van der Waals surface area contributed by atoms with Crippen molar-refractivity contribution in [2.45, 2.75) is 13.8 Å². The first kappa shape index (κ1) is 16.2. The van der Waals surface area contributed by atoms with E-state index in [0.29, 0.717) is 37.6 Å². The molecule has 0 spiro atoms. The molecule has 0 radical (unpaired) electrons. The molecule has 4 heterocycles. The summed E-state index contributed by atoms with van der Waals surface area (Å²) in [7, 11) is 0. The number of aryl methyl sites for hydroxylation is 2. The number of hydrogen-bond donors (Lipinski definition) is 0. The number of amides is 1. The van der Waals surface area contributed by atoms with E-state index < -0.39 is 0 Å².